The predicted octanol–water partition coefficient (Wildman–Crippen LogP) is 3.84. The molecule has 26 heavy (non-hydrogen) atoms. The molecule has 0 radical (unpaired) electrons. The molecule has 3 aromatic rings. The Morgan fingerprint density at radius 1 is 1.15 bits per heavy atom. The summed E-state index contributed by atoms with van der Waals surface area (Å²) < 4.78 is 32.7. The minimum Gasteiger partial charge on any atom is -0.334 e. The normalized spacial score (nSPS) is 17.1. The van der Waals surface area contributed by atoms with Crippen molar-refractivity contribution in [3.05, 3.63) is 65.5 Å². The molecule has 1 unspecified atom stereocenters. The molecular formula is C19H15F2N3O2. The van der Waals surface area contributed by atoms with Crippen LogP contribution in [0.25, 0.3) is 11.5 Å². The van der Waals surface area contributed by atoms with Crippen LogP contribution in [0.1, 0.15) is 23.7 Å². The lowest BCUT2D eigenvalue weighted by Gasteiger charge is -2.16. The predicted molar refractivity (Wildman–Crippen MR) is 90.5 cm³/mol. The summed E-state index contributed by atoms with van der Waals surface area (Å²) in [5, 5.41) is 3.97. The van der Waals surface area contributed by atoms with E-state index in [0.717, 1.165) is 29.3 Å². The molecule has 0 aliphatic carbocycles. The van der Waals surface area contributed by atoms with Gasteiger partial charge in [0.25, 0.3) is 5.89 Å². The van der Waals surface area contributed by atoms with Gasteiger partial charge in [0.2, 0.25) is 5.91 Å². The molecule has 0 bridgehead atoms. The molecule has 2 heterocycles. The fraction of sp³-hybridized carbons (Fsp3) is 0.211. The fourth-order valence-electron chi connectivity index (χ4n) is 3.02. The Bertz CT molecular complexity index is 969. The zero-order valence-corrected chi connectivity index (χ0v) is 13.9. The molecule has 1 saturated heterocycles. The van der Waals surface area contributed by atoms with Gasteiger partial charge in [0.05, 0.1) is 5.69 Å². The van der Waals surface area contributed by atoms with Gasteiger partial charge in [-0.1, -0.05) is 22.9 Å². The second kappa shape index (κ2) is 6.33. The van der Waals surface area contributed by atoms with E-state index in [4.69, 9.17) is 4.52 Å². The molecular weight excluding hydrogens is 340 g/mol. The molecule has 1 aliphatic rings. The van der Waals surface area contributed by atoms with E-state index in [2.05, 4.69) is 10.1 Å². The molecule has 1 fully saturated rings. The first-order valence-corrected chi connectivity index (χ1v) is 8.17. The Hall–Kier alpha value is -3.09. The van der Waals surface area contributed by atoms with Gasteiger partial charge in [-0.05, 0) is 31.2 Å². The zero-order chi connectivity index (χ0) is 18.3. The molecule has 0 spiro atoms. The molecule has 5 nitrogen and oxygen atoms in total. The number of aromatic nitrogens is 2. The van der Waals surface area contributed by atoms with Crippen LogP contribution in [0.15, 0.2) is 47.0 Å². The lowest BCUT2D eigenvalue weighted by molar-refractivity contribution is -0.117. The van der Waals surface area contributed by atoms with Crippen molar-refractivity contribution in [2.75, 3.05) is 11.4 Å². The van der Waals surface area contributed by atoms with Gasteiger partial charge in [-0.15, -0.1) is 0 Å². The smallest absolute Gasteiger partial charge is 0.257 e. The van der Waals surface area contributed by atoms with Crippen LogP contribution in [0.4, 0.5) is 14.5 Å². The number of halogens is 2. The van der Waals surface area contributed by atoms with Gasteiger partial charge in [0, 0.05) is 30.5 Å². The molecule has 0 saturated carbocycles. The molecule has 2 aromatic carbocycles. The second-order valence-corrected chi connectivity index (χ2v) is 6.32. The van der Waals surface area contributed by atoms with Gasteiger partial charge in [-0.2, -0.15) is 4.98 Å². The lowest BCUT2D eigenvalue weighted by atomic mass is 10.1. The number of nitrogens with zero attached hydrogens (tertiary/aromatic N) is 3. The first kappa shape index (κ1) is 16.4. The number of carbonyl (C=O) groups is 1. The maximum absolute atomic E-state index is 14.0. The maximum Gasteiger partial charge on any atom is 0.257 e. The molecule has 7 heteroatoms. The molecule has 132 valence electrons. The van der Waals surface area contributed by atoms with Crippen molar-refractivity contribution in [2.45, 2.75) is 19.3 Å². The standard InChI is InChI=1S/C19H15F2N3O2/c1-11-2-4-12(5-3-11)19-22-18(23-26-19)13-8-17(25)24(10-13)16-9-14(20)6-7-15(16)21/h2-7,9,13H,8,10H2,1H3. The SMILES string of the molecule is Cc1ccc(-c2nc(C3CC(=O)N(c4cc(F)ccc4F)C3)no2)cc1. The van der Waals surface area contributed by atoms with Gasteiger partial charge in [-0.3, -0.25) is 4.79 Å². The average Bonchev–Trinajstić information content (AvgIpc) is 3.25. The topological polar surface area (TPSA) is 59.2 Å². The molecule has 0 N–H and O–H groups in total. The van der Waals surface area contributed by atoms with Crippen LogP contribution < -0.4 is 4.90 Å². The van der Waals surface area contributed by atoms with Crippen LogP contribution in [-0.4, -0.2) is 22.6 Å². The van der Waals surface area contributed by atoms with E-state index >= 15 is 0 Å². The van der Waals surface area contributed by atoms with E-state index in [9.17, 15) is 13.6 Å². The summed E-state index contributed by atoms with van der Waals surface area (Å²) in [6.45, 7) is 2.15. The Kier molecular flexibility index (Phi) is 3.99. The minimum absolute atomic E-state index is 0.0697. The Labute approximate surface area is 148 Å². The number of benzene rings is 2. The van der Waals surface area contributed by atoms with Gasteiger partial charge in [-0.25, -0.2) is 8.78 Å². The third-order valence-electron chi connectivity index (χ3n) is 4.43. The van der Waals surface area contributed by atoms with E-state index in [1.807, 2.05) is 31.2 Å². The molecule has 1 aromatic heterocycles. The largest absolute Gasteiger partial charge is 0.334 e. The van der Waals surface area contributed by atoms with Crippen molar-refractivity contribution in [3.8, 4) is 11.5 Å². The third kappa shape index (κ3) is 2.96. The van der Waals surface area contributed by atoms with Crippen LogP contribution >= 0.6 is 0 Å². The van der Waals surface area contributed by atoms with Gasteiger partial charge < -0.3 is 9.42 Å². The van der Waals surface area contributed by atoms with E-state index in [0.29, 0.717) is 11.7 Å². The maximum atomic E-state index is 14.0. The van der Waals surface area contributed by atoms with Crippen LogP contribution in [0, 0.1) is 18.6 Å². The number of hydrogen-bond donors (Lipinski definition) is 0. The van der Waals surface area contributed by atoms with Crippen LogP contribution in [0.5, 0.6) is 0 Å². The van der Waals surface area contributed by atoms with Crippen molar-refractivity contribution < 1.29 is 18.1 Å². The molecule has 4 rings (SSSR count). The fourth-order valence-corrected chi connectivity index (χ4v) is 3.02. The van der Waals surface area contributed by atoms with Crippen molar-refractivity contribution in [2.24, 2.45) is 0 Å². The first-order valence-electron chi connectivity index (χ1n) is 8.17. The Morgan fingerprint density at radius 3 is 2.69 bits per heavy atom. The lowest BCUT2D eigenvalue weighted by Crippen LogP contribution is -2.25. The highest BCUT2D eigenvalue weighted by molar-refractivity contribution is 5.96. The first-order chi connectivity index (χ1) is 12.5. The summed E-state index contributed by atoms with van der Waals surface area (Å²) in [6.07, 6.45) is 0.114. The highest BCUT2D eigenvalue weighted by Crippen LogP contribution is 2.33. The number of anilines is 1. The summed E-state index contributed by atoms with van der Waals surface area (Å²) >= 11 is 0. The van der Waals surface area contributed by atoms with Crippen molar-refractivity contribution >= 4 is 11.6 Å². The second-order valence-electron chi connectivity index (χ2n) is 6.32. The zero-order valence-electron chi connectivity index (χ0n) is 13.9. The summed E-state index contributed by atoms with van der Waals surface area (Å²) in [5.41, 5.74) is 1.83. The summed E-state index contributed by atoms with van der Waals surface area (Å²) in [5.74, 6) is -1.14. The minimum atomic E-state index is -0.645. The summed E-state index contributed by atoms with van der Waals surface area (Å²) in [6, 6.07) is 10.7. The number of amides is 1. The Balaban J connectivity index is 1.58. The van der Waals surface area contributed by atoms with Crippen molar-refractivity contribution in [3.63, 3.8) is 0 Å². The highest BCUT2D eigenvalue weighted by atomic mass is 19.1. The van der Waals surface area contributed by atoms with Crippen molar-refractivity contribution in [1.29, 1.82) is 0 Å². The number of carbonyl (C=O) groups excluding carboxylic acids is 1. The number of rotatable bonds is 3. The van der Waals surface area contributed by atoms with E-state index < -0.39 is 11.6 Å². The number of hydrogen-bond acceptors (Lipinski definition) is 4. The number of aryl methyl sites for hydroxylation is 1. The van der Waals surface area contributed by atoms with Gasteiger partial charge >= 0.3 is 0 Å². The summed E-state index contributed by atoms with van der Waals surface area (Å²) in [7, 11) is 0. The van der Waals surface area contributed by atoms with E-state index in [-0.39, 0.29) is 30.5 Å². The Morgan fingerprint density at radius 2 is 1.92 bits per heavy atom. The summed E-state index contributed by atoms with van der Waals surface area (Å²) in [4.78, 5) is 17.9. The van der Waals surface area contributed by atoms with Gasteiger partial charge in [0.15, 0.2) is 5.82 Å². The average molecular weight is 355 g/mol. The van der Waals surface area contributed by atoms with Crippen LogP contribution in [-0.2, 0) is 4.79 Å². The molecule has 1 aliphatic heterocycles. The highest BCUT2D eigenvalue weighted by Gasteiger charge is 2.35. The molecule has 1 amide bonds. The van der Waals surface area contributed by atoms with Gasteiger partial charge in [0.1, 0.15) is 11.6 Å². The van der Waals surface area contributed by atoms with E-state index in [1.54, 1.807) is 0 Å². The van der Waals surface area contributed by atoms with Crippen molar-refractivity contribution in [1.82, 2.24) is 10.1 Å². The molecule has 1 atom stereocenters. The van der Waals surface area contributed by atoms with Crippen LogP contribution in [0.3, 0.4) is 0 Å². The third-order valence-corrected chi connectivity index (χ3v) is 4.43. The van der Waals surface area contributed by atoms with E-state index in [1.165, 1.54) is 4.90 Å². The monoisotopic (exact) mass is 355 g/mol. The van der Waals surface area contributed by atoms with Crippen LogP contribution in [0.2, 0.25) is 0 Å². The quantitative estimate of drug-likeness (QED) is 0.716.